The summed E-state index contributed by atoms with van der Waals surface area (Å²) in [5, 5.41) is 2.88. The van der Waals surface area contributed by atoms with Crippen molar-refractivity contribution >= 4 is 35.1 Å². The number of hydrogen-bond donors (Lipinski definition) is 1. The number of para-hydroxylation sites is 1. The number of hydrogen-bond acceptors (Lipinski definition) is 3. The Balaban J connectivity index is 1.54. The van der Waals surface area contributed by atoms with Gasteiger partial charge in [-0.05, 0) is 42.8 Å². The Labute approximate surface area is 190 Å². The zero-order valence-corrected chi connectivity index (χ0v) is 18.4. The number of thioether (sulfide) groups is 1. The lowest BCUT2D eigenvalue weighted by atomic mass is 10.1. The molecule has 0 radical (unpaired) electrons. The molecule has 3 aromatic carbocycles. The fourth-order valence-electron chi connectivity index (χ4n) is 4.45. The third kappa shape index (κ3) is 3.33. The second kappa shape index (κ2) is 7.98. The first-order valence-electron chi connectivity index (χ1n) is 10.4. The van der Waals surface area contributed by atoms with Crippen LogP contribution >= 0.6 is 11.8 Å². The Kier molecular flexibility index (Phi) is 5.13. The summed E-state index contributed by atoms with van der Waals surface area (Å²) >= 11 is 1.38. The molecule has 0 aliphatic carbocycles. The van der Waals surface area contributed by atoms with E-state index in [0.717, 1.165) is 11.1 Å². The van der Waals surface area contributed by atoms with Gasteiger partial charge in [-0.1, -0.05) is 48.0 Å². The highest BCUT2D eigenvalue weighted by Gasteiger charge is 2.59. The van der Waals surface area contributed by atoms with Crippen LogP contribution in [0.2, 0.25) is 0 Å². The van der Waals surface area contributed by atoms with E-state index in [0.29, 0.717) is 35.8 Å². The molecule has 2 aliphatic rings. The highest BCUT2D eigenvalue weighted by Crippen LogP contribution is 2.54. The van der Waals surface area contributed by atoms with Crippen LogP contribution in [0.5, 0.6) is 0 Å². The molecule has 1 spiro atoms. The van der Waals surface area contributed by atoms with Gasteiger partial charge in [-0.3, -0.25) is 9.69 Å². The summed E-state index contributed by atoms with van der Waals surface area (Å²) in [6.45, 7) is 2.75. The molecule has 3 amide bonds. The quantitative estimate of drug-likeness (QED) is 0.607. The summed E-state index contributed by atoms with van der Waals surface area (Å²) in [5.74, 6) is -0.0584. The molecule has 5 rings (SSSR count). The van der Waals surface area contributed by atoms with E-state index in [1.807, 2.05) is 49.4 Å². The lowest BCUT2D eigenvalue weighted by Gasteiger charge is -2.33. The van der Waals surface area contributed by atoms with Gasteiger partial charge in [0.25, 0.3) is 5.91 Å². The highest BCUT2D eigenvalue weighted by atomic mass is 32.2. The van der Waals surface area contributed by atoms with Gasteiger partial charge in [-0.15, -0.1) is 11.8 Å². The minimum Gasteiger partial charge on any atom is -0.308 e. The van der Waals surface area contributed by atoms with Crippen LogP contribution in [-0.2, 0) is 16.2 Å². The molecular formula is C25H22FN3O2S. The van der Waals surface area contributed by atoms with Crippen LogP contribution in [-0.4, -0.2) is 29.1 Å². The molecule has 2 aliphatic heterocycles. The van der Waals surface area contributed by atoms with Crippen molar-refractivity contribution in [1.82, 2.24) is 4.90 Å². The van der Waals surface area contributed by atoms with Crippen molar-refractivity contribution in [2.45, 2.75) is 18.3 Å². The van der Waals surface area contributed by atoms with E-state index in [1.54, 1.807) is 28.0 Å². The summed E-state index contributed by atoms with van der Waals surface area (Å²) < 4.78 is 14.3. The average Bonchev–Trinajstić information content (AvgIpc) is 3.32. The van der Waals surface area contributed by atoms with Gasteiger partial charge >= 0.3 is 6.03 Å². The first kappa shape index (κ1) is 20.6. The molecule has 1 saturated heterocycles. The fraction of sp³-hybridized carbons (Fsp3) is 0.200. The van der Waals surface area contributed by atoms with Crippen molar-refractivity contribution in [2.75, 3.05) is 22.5 Å². The Morgan fingerprint density at radius 1 is 1.09 bits per heavy atom. The van der Waals surface area contributed by atoms with Crippen molar-refractivity contribution in [2.24, 2.45) is 0 Å². The standard InChI is InChI=1S/C25H22FN3O2S/c1-17-6-5-7-18(14-17)16-28-22-11-10-19(26)15-21(22)25(23(28)30)29(12-13-32-25)24(31)27-20-8-3-2-4-9-20/h2-11,14-15H,12-13,16H2,1H3,(H,27,31). The molecule has 0 saturated carbocycles. The van der Waals surface area contributed by atoms with Crippen LogP contribution in [0.25, 0.3) is 0 Å². The molecule has 32 heavy (non-hydrogen) atoms. The zero-order chi connectivity index (χ0) is 22.3. The van der Waals surface area contributed by atoms with Crippen molar-refractivity contribution in [3.05, 3.63) is 95.3 Å². The van der Waals surface area contributed by atoms with E-state index in [2.05, 4.69) is 5.32 Å². The molecule has 5 nitrogen and oxygen atoms in total. The van der Waals surface area contributed by atoms with Gasteiger partial charge in [0.2, 0.25) is 0 Å². The molecule has 1 N–H and O–H groups in total. The van der Waals surface area contributed by atoms with E-state index in [9.17, 15) is 14.0 Å². The number of amides is 3. The van der Waals surface area contributed by atoms with Gasteiger partial charge in [0.05, 0.1) is 12.2 Å². The molecule has 7 heteroatoms. The van der Waals surface area contributed by atoms with Crippen molar-refractivity contribution < 1.29 is 14.0 Å². The number of benzene rings is 3. The smallest absolute Gasteiger partial charge is 0.308 e. The monoisotopic (exact) mass is 447 g/mol. The van der Waals surface area contributed by atoms with Crippen LogP contribution < -0.4 is 10.2 Å². The lowest BCUT2D eigenvalue weighted by molar-refractivity contribution is -0.123. The van der Waals surface area contributed by atoms with Crippen molar-refractivity contribution in [3.63, 3.8) is 0 Å². The van der Waals surface area contributed by atoms with Gasteiger partial charge in [-0.25, -0.2) is 9.18 Å². The van der Waals surface area contributed by atoms with Crippen LogP contribution in [0.3, 0.4) is 0 Å². The molecule has 3 aromatic rings. The van der Waals surface area contributed by atoms with Gasteiger partial charge in [0, 0.05) is 23.5 Å². The largest absolute Gasteiger partial charge is 0.323 e. The van der Waals surface area contributed by atoms with Gasteiger partial charge in [-0.2, -0.15) is 0 Å². The molecule has 162 valence electrons. The second-order valence-electron chi connectivity index (χ2n) is 7.98. The SMILES string of the molecule is Cc1cccc(CN2C(=O)C3(SCCN3C(=O)Nc3ccccc3)c3cc(F)ccc32)c1. The second-order valence-corrected chi connectivity index (χ2v) is 9.27. The van der Waals surface area contributed by atoms with Gasteiger partial charge < -0.3 is 10.2 Å². The Morgan fingerprint density at radius 2 is 1.91 bits per heavy atom. The number of fused-ring (bicyclic) bond motifs is 2. The first-order chi connectivity index (χ1) is 15.5. The Hall–Kier alpha value is -3.32. The Morgan fingerprint density at radius 3 is 2.69 bits per heavy atom. The molecule has 0 aromatic heterocycles. The molecule has 1 fully saturated rings. The predicted octanol–water partition coefficient (Wildman–Crippen LogP) is 5.11. The number of carbonyl (C=O) groups is 2. The number of nitrogens with zero attached hydrogens (tertiary/aromatic N) is 2. The van der Waals surface area contributed by atoms with Gasteiger partial charge in [0.1, 0.15) is 5.82 Å². The third-order valence-electron chi connectivity index (χ3n) is 5.85. The van der Waals surface area contributed by atoms with E-state index < -0.39 is 10.7 Å². The topological polar surface area (TPSA) is 52.7 Å². The van der Waals surface area contributed by atoms with E-state index in [1.165, 1.54) is 23.9 Å². The maximum absolute atomic E-state index is 14.3. The summed E-state index contributed by atoms with van der Waals surface area (Å²) in [7, 11) is 0. The molecule has 2 heterocycles. The van der Waals surface area contributed by atoms with E-state index in [4.69, 9.17) is 0 Å². The first-order valence-corrected chi connectivity index (χ1v) is 11.4. The van der Waals surface area contributed by atoms with Crippen LogP contribution in [0.1, 0.15) is 16.7 Å². The highest BCUT2D eigenvalue weighted by molar-refractivity contribution is 8.01. The number of nitrogens with one attached hydrogen (secondary N) is 1. The van der Waals surface area contributed by atoms with Crippen LogP contribution in [0.15, 0.2) is 72.8 Å². The lowest BCUT2D eigenvalue weighted by Crippen LogP contribution is -2.51. The number of aryl methyl sites for hydroxylation is 1. The maximum Gasteiger partial charge on any atom is 0.323 e. The summed E-state index contributed by atoms with van der Waals surface area (Å²) in [4.78, 5) is 29.1. The Bertz CT molecular complexity index is 1200. The van der Waals surface area contributed by atoms with Gasteiger partial charge in [0.15, 0.2) is 4.87 Å². The molecule has 1 unspecified atom stereocenters. The summed E-state index contributed by atoms with van der Waals surface area (Å²) in [6, 6.07) is 21.1. The normalized spacial score (nSPS) is 19.5. The molecular weight excluding hydrogens is 425 g/mol. The number of rotatable bonds is 3. The number of halogens is 1. The van der Waals surface area contributed by atoms with Crippen LogP contribution in [0.4, 0.5) is 20.6 Å². The summed E-state index contributed by atoms with van der Waals surface area (Å²) in [5.41, 5.74) is 3.90. The number of anilines is 2. The minimum absolute atomic E-state index is 0.217. The molecule has 1 atom stereocenters. The van der Waals surface area contributed by atoms with Crippen LogP contribution in [0, 0.1) is 12.7 Å². The summed E-state index contributed by atoms with van der Waals surface area (Å²) in [6.07, 6.45) is 0. The van der Waals surface area contributed by atoms with Crippen molar-refractivity contribution in [1.29, 1.82) is 0 Å². The minimum atomic E-state index is -1.28. The fourth-order valence-corrected chi connectivity index (χ4v) is 5.90. The molecule has 0 bridgehead atoms. The zero-order valence-electron chi connectivity index (χ0n) is 17.5. The average molecular weight is 448 g/mol. The van der Waals surface area contributed by atoms with Crippen molar-refractivity contribution in [3.8, 4) is 0 Å². The number of urea groups is 1. The van der Waals surface area contributed by atoms with E-state index in [-0.39, 0.29) is 11.9 Å². The third-order valence-corrected chi connectivity index (χ3v) is 7.27. The maximum atomic E-state index is 14.3. The van der Waals surface area contributed by atoms with E-state index >= 15 is 0 Å². The predicted molar refractivity (Wildman–Crippen MR) is 125 cm³/mol. The number of carbonyl (C=O) groups excluding carboxylic acids is 2.